The van der Waals surface area contributed by atoms with Gasteiger partial charge in [0, 0.05) is 38.6 Å². The number of aromatic nitrogens is 2. The van der Waals surface area contributed by atoms with Gasteiger partial charge in [-0.15, -0.1) is 0 Å². The predicted octanol–water partition coefficient (Wildman–Crippen LogP) is 1.03. The summed E-state index contributed by atoms with van der Waals surface area (Å²) in [4.78, 5) is 39.8. The maximum absolute atomic E-state index is 13.1. The van der Waals surface area contributed by atoms with Gasteiger partial charge >= 0.3 is 6.03 Å². The van der Waals surface area contributed by atoms with E-state index in [0.29, 0.717) is 30.4 Å². The summed E-state index contributed by atoms with van der Waals surface area (Å²) in [7, 11) is 1.57. The molecule has 0 radical (unpaired) electrons. The Morgan fingerprint density at radius 1 is 1.10 bits per heavy atom. The van der Waals surface area contributed by atoms with Crippen LogP contribution in [0, 0.1) is 0 Å². The van der Waals surface area contributed by atoms with Gasteiger partial charge in [-0.25, -0.2) is 19.7 Å². The summed E-state index contributed by atoms with van der Waals surface area (Å²) >= 11 is 0. The van der Waals surface area contributed by atoms with Crippen molar-refractivity contribution in [1.29, 1.82) is 0 Å². The lowest BCUT2D eigenvalue weighted by Gasteiger charge is -2.36. The number of hydrogen-bond donors (Lipinski definition) is 1. The van der Waals surface area contributed by atoms with E-state index < -0.39 is 5.54 Å². The van der Waals surface area contributed by atoms with Crippen LogP contribution in [0.5, 0.6) is 5.75 Å². The number of anilines is 1. The number of urea groups is 1. The second kappa shape index (κ2) is 7.67. The fraction of sp³-hybridized carbons (Fsp3) is 0.400. The van der Waals surface area contributed by atoms with E-state index in [1.165, 1.54) is 4.90 Å². The highest BCUT2D eigenvalue weighted by atomic mass is 16.5. The van der Waals surface area contributed by atoms with Gasteiger partial charge in [-0.05, 0) is 30.7 Å². The van der Waals surface area contributed by atoms with Crippen LogP contribution in [0.15, 0.2) is 42.7 Å². The zero-order chi connectivity index (χ0) is 20.4. The van der Waals surface area contributed by atoms with Crippen molar-refractivity contribution in [3.63, 3.8) is 0 Å². The zero-order valence-corrected chi connectivity index (χ0v) is 16.5. The van der Waals surface area contributed by atoms with E-state index in [0.717, 1.165) is 13.1 Å². The first-order valence-corrected chi connectivity index (χ1v) is 9.54. The molecule has 0 saturated carbocycles. The van der Waals surface area contributed by atoms with Crippen LogP contribution in [0.4, 0.5) is 10.7 Å². The third-order valence-electron chi connectivity index (χ3n) is 5.47. The lowest BCUT2D eigenvalue weighted by molar-refractivity contribution is -0.132. The summed E-state index contributed by atoms with van der Waals surface area (Å²) in [6, 6.07) is 8.63. The minimum Gasteiger partial charge on any atom is -0.497 e. The lowest BCUT2D eigenvalue weighted by atomic mass is 9.92. The largest absolute Gasteiger partial charge is 0.497 e. The Kier molecular flexibility index (Phi) is 5.06. The number of carbonyl (C=O) groups is 2. The maximum atomic E-state index is 13.1. The van der Waals surface area contributed by atoms with E-state index in [-0.39, 0.29) is 18.6 Å². The molecule has 2 aliphatic rings. The average Bonchev–Trinajstić information content (AvgIpc) is 2.99. The van der Waals surface area contributed by atoms with Crippen molar-refractivity contribution in [2.75, 3.05) is 44.9 Å². The van der Waals surface area contributed by atoms with Gasteiger partial charge in [-0.1, -0.05) is 12.1 Å². The van der Waals surface area contributed by atoms with E-state index in [4.69, 9.17) is 4.74 Å². The third kappa shape index (κ3) is 3.61. The molecular weight excluding hydrogens is 372 g/mol. The van der Waals surface area contributed by atoms with Gasteiger partial charge in [0.05, 0.1) is 13.8 Å². The van der Waals surface area contributed by atoms with Crippen LogP contribution in [0.3, 0.4) is 0 Å². The molecule has 1 atom stereocenters. The standard InChI is InChI=1S/C20H24N6O3/c1-20(15-5-3-6-16(13-15)29-2)17(27)26(19(28)23-20)14-24-9-11-25(12-10-24)18-21-7-4-8-22-18/h3-8,13H,9-12,14H2,1-2H3,(H,23,28)/t20-/m1/s1. The second-order valence-electron chi connectivity index (χ2n) is 7.32. The van der Waals surface area contributed by atoms with Gasteiger partial charge < -0.3 is 15.0 Å². The molecule has 3 heterocycles. The highest BCUT2D eigenvalue weighted by molar-refractivity contribution is 6.07. The SMILES string of the molecule is COc1cccc([C@@]2(C)NC(=O)N(CN3CCN(c4ncccn4)CC3)C2=O)c1. The maximum Gasteiger partial charge on any atom is 0.326 e. The Hall–Kier alpha value is -3.20. The highest BCUT2D eigenvalue weighted by Crippen LogP contribution is 2.31. The summed E-state index contributed by atoms with van der Waals surface area (Å²) in [6.45, 7) is 4.89. The Balaban J connectivity index is 1.42. The van der Waals surface area contributed by atoms with Crippen LogP contribution in [-0.4, -0.2) is 71.7 Å². The van der Waals surface area contributed by atoms with Crippen LogP contribution >= 0.6 is 0 Å². The number of amides is 3. The monoisotopic (exact) mass is 396 g/mol. The molecule has 1 aromatic heterocycles. The number of ether oxygens (including phenoxy) is 1. The lowest BCUT2D eigenvalue weighted by Crippen LogP contribution is -2.52. The average molecular weight is 396 g/mol. The first-order chi connectivity index (χ1) is 14.0. The number of benzene rings is 1. The van der Waals surface area contributed by atoms with E-state index >= 15 is 0 Å². The third-order valence-corrected chi connectivity index (χ3v) is 5.47. The predicted molar refractivity (Wildman–Crippen MR) is 106 cm³/mol. The van der Waals surface area contributed by atoms with Crippen molar-refractivity contribution < 1.29 is 14.3 Å². The molecule has 29 heavy (non-hydrogen) atoms. The summed E-state index contributed by atoms with van der Waals surface area (Å²) in [5.41, 5.74) is -0.408. The molecule has 2 saturated heterocycles. The van der Waals surface area contributed by atoms with Crippen LogP contribution in [-0.2, 0) is 10.3 Å². The van der Waals surface area contributed by atoms with Crippen LogP contribution in [0.2, 0.25) is 0 Å². The van der Waals surface area contributed by atoms with Gasteiger partial charge in [-0.2, -0.15) is 0 Å². The van der Waals surface area contributed by atoms with Crippen LogP contribution in [0.1, 0.15) is 12.5 Å². The number of rotatable bonds is 5. The van der Waals surface area contributed by atoms with Crippen LogP contribution < -0.4 is 15.0 Å². The Bertz CT molecular complexity index is 900. The molecule has 2 aromatic rings. The molecule has 2 fully saturated rings. The van der Waals surface area contributed by atoms with Crippen molar-refractivity contribution in [1.82, 2.24) is 25.1 Å². The quantitative estimate of drug-likeness (QED) is 0.755. The fourth-order valence-corrected chi connectivity index (χ4v) is 3.70. The molecular formula is C20H24N6O3. The molecule has 9 heteroatoms. The van der Waals surface area contributed by atoms with Gasteiger partial charge in [0.15, 0.2) is 0 Å². The van der Waals surface area contributed by atoms with Gasteiger partial charge in [0.25, 0.3) is 5.91 Å². The minimum absolute atomic E-state index is 0.258. The number of nitrogens with zero attached hydrogens (tertiary/aromatic N) is 5. The molecule has 0 bridgehead atoms. The van der Waals surface area contributed by atoms with E-state index in [2.05, 4.69) is 25.1 Å². The van der Waals surface area contributed by atoms with Crippen molar-refractivity contribution in [3.05, 3.63) is 48.3 Å². The van der Waals surface area contributed by atoms with Crippen molar-refractivity contribution >= 4 is 17.9 Å². The Morgan fingerprint density at radius 3 is 2.52 bits per heavy atom. The number of carbonyl (C=O) groups excluding carboxylic acids is 2. The number of imide groups is 1. The highest BCUT2D eigenvalue weighted by Gasteiger charge is 2.49. The summed E-state index contributed by atoms with van der Waals surface area (Å²) in [6.07, 6.45) is 3.45. The number of hydrogen-bond acceptors (Lipinski definition) is 7. The van der Waals surface area contributed by atoms with Gasteiger partial charge in [0.2, 0.25) is 5.95 Å². The minimum atomic E-state index is -1.11. The normalized spacial score (nSPS) is 22.7. The van der Waals surface area contributed by atoms with Crippen molar-refractivity contribution in [3.8, 4) is 5.75 Å². The number of methoxy groups -OCH3 is 1. The van der Waals surface area contributed by atoms with Gasteiger partial charge in [0.1, 0.15) is 11.3 Å². The summed E-state index contributed by atoms with van der Waals surface area (Å²) in [5.74, 6) is 1.08. The van der Waals surface area contributed by atoms with E-state index in [1.807, 2.05) is 18.2 Å². The van der Waals surface area contributed by atoms with Gasteiger partial charge in [-0.3, -0.25) is 9.69 Å². The van der Waals surface area contributed by atoms with E-state index in [9.17, 15) is 9.59 Å². The molecule has 3 amide bonds. The van der Waals surface area contributed by atoms with Crippen molar-refractivity contribution in [2.45, 2.75) is 12.5 Å². The molecule has 0 spiro atoms. The van der Waals surface area contributed by atoms with Crippen molar-refractivity contribution in [2.24, 2.45) is 0 Å². The molecule has 4 rings (SSSR count). The zero-order valence-electron chi connectivity index (χ0n) is 16.5. The molecule has 9 nitrogen and oxygen atoms in total. The molecule has 152 valence electrons. The molecule has 0 unspecified atom stereocenters. The topological polar surface area (TPSA) is 90.9 Å². The van der Waals surface area contributed by atoms with E-state index in [1.54, 1.807) is 38.6 Å². The van der Waals surface area contributed by atoms with Crippen LogP contribution in [0.25, 0.3) is 0 Å². The Labute approximate surface area is 169 Å². The molecule has 1 N–H and O–H groups in total. The second-order valence-corrected chi connectivity index (χ2v) is 7.32. The first-order valence-electron chi connectivity index (χ1n) is 9.54. The summed E-state index contributed by atoms with van der Waals surface area (Å²) in [5, 5.41) is 2.85. The first kappa shape index (κ1) is 19.1. The molecule has 1 aromatic carbocycles. The number of piperazine rings is 1. The molecule has 2 aliphatic heterocycles. The molecule has 0 aliphatic carbocycles. The summed E-state index contributed by atoms with van der Waals surface area (Å²) < 4.78 is 5.26. The Morgan fingerprint density at radius 2 is 1.83 bits per heavy atom. The smallest absolute Gasteiger partial charge is 0.326 e. The number of nitrogens with one attached hydrogen (secondary N) is 1. The fourth-order valence-electron chi connectivity index (χ4n) is 3.70.